The summed E-state index contributed by atoms with van der Waals surface area (Å²) in [5, 5.41) is 12.4. The number of nitrogens with two attached hydrogens (primary N) is 1. The highest BCUT2D eigenvalue weighted by Gasteiger charge is 2.09. The van der Waals surface area contributed by atoms with Gasteiger partial charge in [0.1, 0.15) is 0 Å². The SMILES string of the molecule is Nc1cc(C(=O)O)ccc1-c1cnns1. The molecule has 0 spiro atoms. The monoisotopic (exact) mass is 221 g/mol. The third-order valence-electron chi connectivity index (χ3n) is 1.93. The van der Waals surface area contributed by atoms with E-state index in [4.69, 9.17) is 10.8 Å². The van der Waals surface area contributed by atoms with Crippen molar-refractivity contribution in [3.8, 4) is 10.4 Å². The Hall–Kier alpha value is -1.95. The smallest absolute Gasteiger partial charge is 0.335 e. The van der Waals surface area contributed by atoms with Gasteiger partial charge in [-0.05, 0) is 23.7 Å². The number of aromatic carboxylic acids is 1. The van der Waals surface area contributed by atoms with Gasteiger partial charge in [0.2, 0.25) is 0 Å². The van der Waals surface area contributed by atoms with Crippen molar-refractivity contribution in [1.29, 1.82) is 0 Å². The van der Waals surface area contributed by atoms with Crippen LogP contribution in [-0.2, 0) is 0 Å². The molecule has 2 rings (SSSR count). The van der Waals surface area contributed by atoms with E-state index in [1.165, 1.54) is 23.7 Å². The molecule has 0 atom stereocenters. The maximum absolute atomic E-state index is 10.7. The predicted molar refractivity (Wildman–Crippen MR) is 56.7 cm³/mol. The molecule has 0 fully saturated rings. The van der Waals surface area contributed by atoms with Gasteiger partial charge in [-0.15, -0.1) is 5.10 Å². The second-order valence-electron chi connectivity index (χ2n) is 2.89. The molecule has 1 aromatic heterocycles. The molecule has 0 aliphatic heterocycles. The number of aromatic nitrogens is 2. The first kappa shape index (κ1) is 9.60. The molecular weight excluding hydrogens is 214 g/mol. The van der Waals surface area contributed by atoms with Crippen LogP contribution in [0.1, 0.15) is 10.4 Å². The second-order valence-corrected chi connectivity index (χ2v) is 3.67. The van der Waals surface area contributed by atoms with Gasteiger partial charge in [0.15, 0.2) is 0 Å². The number of benzene rings is 1. The summed E-state index contributed by atoms with van der Waals surface area (Å²) in [4.78, 5) is 11.5. The fourth-order valence-corrected chi connectivity index (χ4v) is 1.77. The highest BCUT2D eigenvalue weighted by atomic mass is 32.1. The highest BCUT2D eigenvalue weighted by molar-refractivity contribution is 7.09. The molecule has 15 heavy (non-hydrogen) atoms. The van der Waals surface area contributed by atoms with E-state index in [0.29, 0.717) is 5.69 Å². The molecule has 6 heteroatoms. The lowest BCUT2D eigenvalue weighted by atomic mass is 10.1. The first-order valence-electron chi connectivity index (χ1n) is 4.09. The Balaban J connectivity index is 2.48. The van der Waals surface area contributed by atoms with Gasteiger partial charge >= 0.3 is 5.97 Å². The molecule has 0 saturated heterocycles. The molecule has 1 heterocycles. The number of nitrogen functional groups attached to an aromatic ring is 1. The third kappa shape index (κ3) is 1.79. The molecule has 0 amide bonds. The Morgan fingerprint density at radius 3 is 2.80 bits per heavy atom. The lowest BCUT2D eigenvalue weighted by Gasteiger charge is -2.02. The maximum atomic E-state index is 10.7. The van der Waals surface area contributed by atoms with Crippen LogP contribution in [0, 0.1) is 0 Å². The molecular formula is C9H7N3O2S. The van der Waals surface area contributed by atoms with E-state index in [9.17, 15) is 4.79 Å². The summed E-state index contributed by atoms with van der Waals surface area (Å²) in [5.74, 6) is -0.990. The van der Waals surface area contributed by atoms with Crippen LogP contribution in [0.5, 0.6) is 0 Å². The molecule has 0 saturated carbocycles. The van der Waals surface area contributed by atoms with Crippen molar-refractivity contribution < 1.29 is 9.90 Å². The largest absolute Gasteiger partial charge is 0.478 e. The summed E-state index contributed by atoms with van der Waals surface area (Å²) in [5.41, 5.74) is 7.09. The average molecular weight is 221 g/mol. The van der Waals surface area contributed by atoms with Crippen molar-refractivity contribution in [2.24, 2.45) is 0 Å². The molecule has 3 N–H and O–H groups in total. The van der Waals surface area contributed by atoms with Gasteiger partial charge in [0, 0.05) is 11.3 Å². The quantitative estimate of drug-likeness (QED) is 0.750. The zero-order valence-electron chi connectivity index (χ0n) is 7.54. The van der Waals surface area contributed by atoms with Gasteiger partial charge in [-0.3, -0.25) is 0 Å². The summed E-state index contributed by atoms with van der Waals surface area (Å²) in [6.07, 6.45) is 1.59. The highest BCUT2D eigenvalue weighted by Crippen LogP contribution is 2.28. The maximum Gasteiger partial charge on any atom is 0.335 e. The summed E-state index contributed by atoms with van der Waals surface area (Å²) in [6.45, 7) is 0. The number of carboxylic acids is 1. The van der Waals surface area contributed by atoms with Crippen LogP contribution in [0.15, 0.2) is 24.4 Å². The molecule has 76 valence electrons. The van der Waals surface area contributed by atoms with E-state index in [1.54, 1.807) is 12.3 Å². The molecule has 5 nitrogen and oxygen atoms in total. The normalized spacial score (nSPS) is 10.1. The van der Waals surface area contributed by atoms with E-state index in [1.807, 2.05) is 0 Å². The van der Waals surface area contributed by atoms with Gasteiger partial charge in [-0.1, -0.05) is 10.6 Å². The lowest BCUT2D eigenvalue weighted by molar-refractivity contribution is 0.0697. The van der Waals surface area contributed by atoms with Crippen molar-refractivity contribution in [2.45, 2.75) is 0 Å². The number of carboxylic acid groups (broad SMARTS) is 1. The zero-order valence-corrected chi connectivity index (χ0v) is 8.36. The fraction of sp³-hybridized carbons (Fsp3) is 0. The topological polar surface area (TPSA) is 89.1 Å². The van der Waals surface area contributed by atoms with E-state index >= 15 is 0 Å². The molecule has 1 aromatic carbocycles. The number of anilines is 1. The lowest BCUT2D eigenvalue weighted by Crippen LogP contribution is -1.98. The van der Waals surface area contributed by atoms with Crippen molar-refractivity contribution >= 4 is 23.2 Å². The Bertz CT molecular complexity index is 496. The van der Waals surface area contributed by atoms with E-state index in [-0.39, 0.29) is 5.56 Å². The van der Waals surface area contributed by atoms with Gasteiger partial charge in [-0.2, -0.15) is 0 Å². The molecule has 0 bridgehead atoms. The Morgan fingerprint density at radius 1 is 1.47 bits per heavy atom. The van der Waals surface area contributed by atoms with Crippen LogP contribution in [0.3, 0.4) is 0 Å². The standard InChI is InChI=1S/C9H7N3O2S/c10-7-3-5(9(13)14)1-2-6(7)8-4-11-12-15-8/h1-4H,10H2,(H,13,14). The molecule has 0 unspecified atom stereocenters. The van der Waals surface area contributed by atoms with Crippen LogP contribution in [0.25, 0.3) is 10.4 Å². The van der Waals surface area contributed by atoms with Gasteiger partial charge in [0.25, 0.3) is 0 Å². The Kier molecular flexibility index (Phi) is 2.34. The minimum absolute atomic E-state index is 0.175. The van der Waals surface area contributed by atoms with Gasteiger partial charge < -0.3 is 10.8 Å². The number of hydrogen-bond donors (Lipinski definition) is 2. The average Bonchev–Trinajstić information content (AvgIpc) is 2.70. The number of carbonyl (C=O) groups is 1. The van der Waals surface area contributed by atoms with Crippen LogP contribution in [0.4, 0.5) is 5.69 Å². The van der Waals surface area contributed by atoms with Crippen LogP contribution >= 0.6 is 11.5 Å². The van der Waals surface area contributed by atoms with E-state index in [0.717, 1.165) is 10.4 Å². The van der Waals surface area contributed by atoms with Crippen LogP contribution in [-0.4, -0.2) is 20.7 Å². The van der Waals surface area contributed by atoms with Crippen molar-refractivity contribution in [3.63, 3.8) is 0 Å². The number of rotatable bonds is 2. The van der Waals surface area contributed by atoms with Crippen molar-refractivity contribution in [1.82, 2.24) is 9.59 Å². The first-order valence-corrected chi connectivity index (χ1v) is 4.86. The molecule has 0 radical (unpaired) electrons. The van der Waals surface area contributed by atoms with Gasteiger partial charge in [-0.25, -0.2) is 4.79 Å². The first-order chi connectivity index (χ1) is 7.18. The Labute approximate surface area is 89.3 Å². The van der Waals surface area contributed by atoms with Crippen molar-refractivity contribution in [2.75, 3.05) is 5.73 Å². The minimum atomic E-state index is -0.990. The molecule has 2 aromatic rings. The molecule has 0 aliphatic rings. The van der Waals surface area contributed by atoms with Crippen molar-refractivity contribution in [3.05, 3.63) is 30.0 Å². The third-order valence-corrected chi connectivity index (χ3v) is 2.62. The van der Waals surface area contributed by atoms with Gasteiger partial charge in [0.05, 0.1) is 16.6 Å². The van der Waals surface area contributed by atoms with E-state index in [2.05, 4.69) is 9.59 Å². The predicted octanol–water partition coefficient (Wildman–Crippen LogP) is 1.49. The van der Waals surface area contributed by atoms with E-state index < -0.39 is 5.97 Å². The second kappa shape index (κ2) is 3.66. The zero-order chi connectivity index (χ0) is 10.8. The van der Waals surface area contributed by atoms with Crippen LogP contribution in [0.2, 0.25) is 0 Å². The summed E-state index contributed by atoms with van der Waals surface area (Å²) >= 11 is 1.22. The summed E-state index contributed by atoms with van der Waals surface area (Å²) in [7, 11) is 0. The fourth-order valence-electron chi connectivity index (χ4n) is 1.21. The summed E-state index contributed by atoms with van der Waals surface area (Å²) in [6, 6.07) is 4.60. The number of hydrogen-bond acceptors (Lipinski definition) is 5. The van der Waals surface area contributed by atoms with Crippen LogP contribution < -0.4 is 5.73 Å². The molecule has 0 aliphatic carbocycles. The minimum Gasteiger partial charge on any atom is -0.478 e. The Morgan fingerprint density at radius 2 is 2.27 bits per heavy atom. The number of nitrogens with zero attached hydrogens (tertiary/aromatic N) is 2. The summed E-state index contributed by atoms with van der Waals surface area (Å²) < 4.78 is 3.72.